The maximum Gasteiger partial charge on any atom is 0.337 e. The number of ether oxygens (including phenoxy) is 1. The number of nitrogens with one attached hydrogen (secondary N) is 2. The van der Waals surface area contributed by atoms with E-state index in [-0.39, 0.29) is 12.1 Å². The van der Waals surface area contributed by atoms with Gasteiger partial charge in [0.25, 0.3) is 0 Å². The predicted octanol–water partition coefficient (Wildman–Crippen LogP) is 6.55. The molecule has 0 bridgehead atoms. The minimum absolute atomic E-state index is 0.202. The van der Waals surface area contributed by atoms with Crippen molar-refractivity contribution >= 4 is 56.1 Å². The maximum absolute atomic E-state index is 13.4. The summed E-state index contributed by atoms with van der Waals surface area (Å²) >= 11 is 9.70. The van der Waals surface area contributed by atoms with Gasteiger partial charge in [0.05, 0.1) is 18.7 Å². The molecule has 2 amide bonds. The average molecular weight is 539 g/mol. The summed E-state index contributed by atoms with van der Waals surface area (Å²) < 4.78 is 5.77. The summed E-state index contributed by atoms with van der Waals surface area (Å²) in [7, 11) is 1.35. The van der Waals surface area contributed by atoms with Crippen LogP contribution in [0.2, 0.25) is 5.02 Å². The molecular weight excluding hydrogens is 518 g/mol. The first-order chi connectivity index (χ1) is 16.4. The molecule has 0 saturated heterocycles. The van der Waals surface area contributed by atoms with E-state index < -0.39 is 5.97 Å². The minimum Gasteiger partial charge on any atom is -0.465 e. The molecule has 1 atom stereocenters. The van der Waals surface area contributed by atoms with Crippen LogP contribution < -0.4 is 5.32 Å². The minimum atomic E-state index is -0.402. The number of halogens is 2. The van der Waals surface area contributed by atoms with Crippen LogP contribution in [0, 0.1) is 0 Å². The van der Waals surface area contributed by atoms with E-state index in [0.717, 1.165) is 32.2 Å². The number of urea groups is 1. The molecule has 4 aromatic rings. The van der Waals surface area contributed by atoms with Crippen molar-refractivity contribution in [1.82, 2.24) is 9.88 Å². The van der Waals surface area contributed by atoms with Crippen molar-refractivity contribution in [2.45, 2.75) is 12.5 Å². The van der Waals surface area contributed by atoms with Crippen LogP contribution in [0.25, 0.3) is 10.9 Å². The number of amides is 2. The molecule has 1 aliphatic rings. The van der Waals surface area contributed by atoms with E-state index in [2.05, 4.69) is 26.2 Å². The number of hydrogen-bond donors (Lipinski definition) is 2. The molecule has 0 radical (unpaired) electrons. The molecule has 3 aromatic carbocycles. The van der Waals surface area contributed by atoms with Crippen molar-refractivity contribution in [3.8, 4) is 0 Å². The molecule has 0 fully saturated rings. The van der Waals surface area contributed by atoms with Crippen molar-refractivity contribution in [1.29, 1.82) is 0 Å². The number of carbonyl (C=O) groups is 2. The summed E-state index contributed by atoms with van der Waals surface area (Å²) in [5.41, 5.74) is 5.12. The molecule has 0 aliphatic carbocycles. The molecule has 5 rings (SSSR count). The lowest BCUT2D eigenvalue weighted by atomic mass is 9.92. The normalized spacial score (nSPS) is 15.1. The largest absolute Gasteiger partial charge is 0.465 e. The highest BCUT2D eigenvalue weighted by atomic mass is 79.9. The van der Waals surface area contributed by atoms with E-state index >= 15 is 0 Å². The monoisotopic (exact) mass is 537 g/mol. The Labute approximate surface area is 210 Å². The summed E-state index contributed by atoms with van der Waals surface area (Å²) in [5.74, 6) is -0.402. The van der Waals surface area contributed by atoms with Crippen LogP contribution in [-0.4, -0.2) is 35.5 Å². The highest BCUT2D eigenvalue weighted by Crippen LogP contribution is 2.39. The van der Waals surface area contributed by atoms with Gasteiger partial charge in [-0.1, -0.05) is 39.7 Å². The molecule has 2 heterocycles. The topological polar surface area (TPSA) is 74.4 Å². The van der Waals surface area contributed by atoms with Crippen LogP contribution in [-0.2, 0) is 11.2 Å². The standard InChI is InChI=1S/C26H21BrClN3O3/c1-34-25(32)16-4-2-15(3-5-16)24-23-20(21-14-18(28)8-11-22(21)30-23)12-13-31(24)26(33)29-19-9-6-17(27)7-10-19/h2-11,14,24,30H,12-13H2,1H3,(H,29,33). The smallest absolute Gasteiger partial charge is 0.337 e. The predicted molar refractivity (Wildman–Crippen MR) is 137 cm³/mol. The number of aromatic amines is 1. The molecule has 1 aliphatic heterocycles. The zero-order valence-corrected chi connectivity index (χ0v) is 20.6. The molecule has 172 valence electrons. The molecule has 6 nitrogen and oxygen atoms in total. The Morgan fingerprint density at radius 3 is 2.53 bits per heavy atom. The van der Waals surface area contributed by atoms with Crippen molar-refractivity contribution in [2.24, 2.45) is 0 Å². The van der Waals surface area contributed by atoms with Gasteiger partial charge in [0.15, 0.2) is 0 Å². The number of nitrogens with zero attached hydrogens (tertiary/aromatic N) is 1. The van der Waals surface area contributed by atoms with Gasteiger partial charge in [0, 0.05) is 38.3 Å². The number of carbonyl (C=O) groups excluding carboxylic acids is 2. The highest BCUT2D eigenvalue weighted by molar-refractivity contribution is 9.10. The Hall–Kier alpha value is -3.29. The summed E-state index contributed by atoms with van der Waals surface area (Å²) in [6, 6.07) is 19.8. The van der Waals surface area contributed by atoms with Crippen molar-refractivity contribution < 1.29 is 14.3 Å². The van der Waals surface area contributed by atoms with E-state index in [4.69, 9.17) is 16.3 Å². The summed E-state index contributed by atoms with van der Waals surface area (Å²) in [5, 5.41) is 4.74. The second kappa shape index (κ2) is 9.16. The number of benzene rings is 3. The zero-order chi connectivity index (χ0) is 23.8. The number of esters is 1. The van der Waals surface area contributed by atoms with Crippen molar-refractivity contribution in [2.75, 3.05) is 19.0 Å². The van der Waals surface area contributed by atoms with E-state index in [1.807, 2.05) is 59.5 Å². The molecule has 0 spiro atoms. The molecule has 1 unspecified atom stereocenters. The van der Waals surface area contributed by atoms with E-state index in [1.165, 1.54) is 7.11 Å². The zero-order valence-electron chi connectivity index (χ0n) is 18.3. The molecule has 2 N–H and O–H groups in total. The van der Waals surface area contributed by atoms with Crippen LogP contribution in [0.1, 0.15) is 33.2 Å². The lowest BCUT2D eigenvalue weighted by molar-refractivity contribution is 0.0600. The Kier molecular flexibility index (Phi) is 6.06. The number of hydrogen-bond acceptors (Lipinski definition) is 3. The van der Waals surface area contributed by atoms with Crippen LogP contribution in [0.15, 0.2) is 71.2 Å². The first-order valence-corrected chi connectivity index (χ1v) is 11.9. The number of anilines is 1. The number of methoxy groups -OCH3 is 1. The number of fused-ring (bicyclic) bond motifs is 3. The lowest BCUT2D eigenvalue weighted by Crippen LogP contribution is -2.43. The third kappa shape index (κ3) is 4.17. The van der Waals surface area contributed by atoms with Gasteiger partial charge in [-0.3, -0.25) is 0 Å². The Balaban J connectivity index is 1.57. The Morgan fingerprint density at radius 1 is 1.09 bits per heavy atom. The third-order valence-corrected chi connectivity index (χ3v) is 6.86. The van der Waals surface area contributed by atoms with Gasteiger partial charge < -0.3 is 19.9 Å². The van der Waals surface area contributed by atoms with Gasteiger partial charge in [0.1, 0.15) is 0 Å². The second-order valence-electron chi connectivity index (χ2n) is 8.10. The fraction of sp³-hybridized carbons (Fsp3) is 0.154. The van der Waals surface area contributed by atoms with Gasteiger partial charge in [-0.15, -0.1) is 0 Å². The van der Waals surface area contributed by atoms with E-state index in [0.29, 0.717) is 29.2 Å². The molecule has 1 aromatic heterocycles. The van der Waals surface area contributed by atoms with Gasteiger partial charge in [-0.05, 0) is 72.1 Å². The summed E-state index contributed by atoms with van der Waals surface area (Å²) in [4.78, 5) is 30.7. The van der Waals surface area contributed by atoms with Crippen LogP contribution in [0.5, 0.6) is 0 Å². The van der Waals surface area contributed by atoms with Crippen molar-refractivity contribution in [3.63, 3.8) is 0 Å². The number of aromatic nitrogens is 1. The third-order valence-electron chi connectivity index (χ3n) is 6.09. The van der Waals surface area contributed by atoms with Crippen LogP contribution >= 0.6 is 27.5 Å². The first-order valence-electron chi connectivity index (χ1n) is 10.8. The quantitative estimate of drug-likeness (QED) is 0.291. The highest BCUT2D eigenvalue weighted by Gasteiger charge is 2.34. The van der Waals surface area contributed by atoms with Gasteiger partial charge >= 0.3 is 12.0 Å². The van der Waals surface area contributed by atoms with Crippen molar-refractivity contribution in [3.05, 3.63) is 98.6 Å². The van der Waals surface area contributed by atoms with E-state index in [1.54, 1.807) is 12.1 Å². The van der Waals surface area contributed by atoms with Crippen LogP contribution in [0.4, 0.5) is 10.5 Å². The maximum atomic E-state index is 13.4. The summed E-state index contributed by atoms with van der Waals surface area (Å²) in [6.45, 7) is 0.526. The average Bonchev–Trinajstić information content (AvgIpc) is 3.22. The molecule has 8 heteroatoms. The van der Waals surface area contributed by atoms with Gasteiger partial charge in [-0.25, -0.2) is 9.59 Å². The van der Waals surface area contributed by atoms with Gasteiger partial charge in [0.2, 0.25) is 0 Å². The SMILES string of the molecule is COC(=O)c1ccc(C2c3[nH]c4ccc(Cl)cc4c3CCN2C(=O)Nc2ccc(Br)cc2)cc1. The summed E-state index contributed by atoms with van der Waals surface area (Å²) in [6.07, 6.45) is 0.695. The molecule has 0 saturated carbocycles. The Bertz CT molecular complexity index is 1380. The second-order valence-corrected chi connectivity index (χ2v) is 9.46. The van der Waals surface area contributed by atoms with E-state index in [9.17, 15) is 9.59 Å². The number of H-pyrrole nitrogens is 1. The van der Waals surface area contributed by atoms with Gasteiger partial charge in [-0.2, -0.15) is 0 Å². The first kappa shape index (κ1) is 22.5. The molecular formula is C26H21BrClN3O3. The fourth-order valence-electron chi connectivity index (χ4n) is 4.47. The lowest BCUT2D eigenvalue weighted by Gasteiger charge is -2.36. The van der Waals surface area contributed by atoms with Crippen LogP contribution in [0.3, 0.4) is 0 Å². The fourth-order valence-corrected chi connectivity index (χ4v) is 4.91. The molecule has 34 heavy (non-hydrogen) atoms. The number of rotatable bonds is 3. The Morgan fingerprint density at radius 2 is 1.82 bits per heavy atom.